The Morgan fingerprint density at radius 2 is 1.66 bits per heavy atom. The lowest BCUT2D eigenvalue weighted by molar-refractivity contribution is 0.241. The van der Waals surface area contributed by atoms with E-state index in [-0.39, 0.29) is 10.9 Å². The van der Waals surface area contributed by atoms with Crippen molar-refractivity contribution in [3.05, 3.63) is 54.2 Å². The first-order valence-electron chi connectivity index (χ1n) is 13.2. The minimum absolute atomic E-state index is 0.0787. The van der Waals surface area contributed by atoms with Crippen molar-refractivity contribution in [2.45, 2.75) is 52.4 Å². The fraction of sp³-hybridized carbons (Fsp3) is 0.448. The van der Waals surface area contributed by atoms with Gasteiger partial charge in [-0.2, -0.15) is 4.98 Å². The highest BCUT2D eigenvalue weighted by atomic mass is 32.2. The largest absolute Gasteiger partial charge is 0.489 e. The van der Waals surface area contributed by atoms with Crippen molar-refractivity contribution in [1.29, 1.82) is 0 Å². The van der Waals surface area contributed by atoms with E-state index >= 15 is 0 Å². The molecule has 0 atom stereocenters. The quantitative estimate of drug-likeness (QED) is 0.260. The lowest BCUT2D eigenvalue weighted by Gasteiger charge is -2.35. The first-order chi connectivity index (χ1) is 18.1. The Hall–Kier alpha value is -3.17. The van der Waals surface area contributed by atoms with Gasteiger partial charge in [0.05, 0.1) is 11.8 Å². The first kappa shape index (κ1) is 27.9. The Labute approximate surface area is 231 Å². The van der Waals surface area contributed by atoms with Gasteiger partial charge in [-0.05, 0) is 90.9 Å². The van der Waals surface area contributed by atoms with Crippen molar-refractivity contribution in [3.63, 3.8) is 0 Å². The van der Waals surface area contributed by atoms with Crippen LogP contribution in [0.4, 0.5) is 34.5 Å². The molecule has 9 heteroatoms. The van der Waals surface area contributed by atoms with Gasteiger partial charge in [0.15, 0.2) is 0 Å². The number of hydrogen-bond acceptors (Lipinski definition) is 9. The summed E-state index contributed by atoms with van der Waals surface area (Å²) in [7, 11) is 2.17. The molecular weight excluding hydrogens is 494 g/mol. The SMILES string of the molecule is Cc1cnc(Nc2ccc(N3CCN(C)CC3)c(OC(C)C)c2)nc1Nc1cccc(NSC(C)(C)C)c1. The topological polar surface area (TPSA) is 77.6 Å². The molecule has 1 saturated heterocycles. The van der Waals surface area contributed by atoms with Gasteiger partial charge in [-0.3, -0.25) is 0 Å². The van der Waals surface area contributed by atoms with Crippen LogP contribution in [0.2, 0.25) is 0 Å². The van der Waals surface area contributed by atoms with E-state index in [4.69, 9.17) is 9.72 Å². The number of aromatic nitrogens is 2. The Balaban J connectivity index is 1.50. The highest BCUT2D eigenvalue weighted by molar-refractivity contribution is 8.01. The van der Waals surface area contributed by atoms with E-state index in [9.17, 15) is 0 Å². The fourth-order valence-corrected chi connectivity index (χ4v) is 4.57. The van der Waals surface area contributed by atoms with Gasteiger partial charge in [-0.25, -0.2) is 4.98 Å². The molecule has 1 aliphatic heterocycles. The zero-order chi connectivity index (χ0) is 27.3. The third-order valence-electron chi connectivity index (χ3n) is 5.99. The number of nitrogens with zero attached hydrogens (tertiary/aromatic N) is 4. The van der Waals surface area contributed by atoms with Gasteiger partial charge in [-0.15, -0.1) is 0 Å². The van der Waals surface area contributed by atoms with Gasteiger partial charge in [0.25, 0.3) is 0 Å². The lowest BCUT2D eigenvalue weighted by Crippen LogP contribution is -2.44. The van der Waals surface area contributed by atoms with Crippen LogP contribution in [0.25, 0.3) is 0 Å². The predicted octanol–water partition coefficient (Wildman–Crippen LogP) is 6.67. The Morgan fingerprint density at radius 1 is 0.947 bits per heavy atom. The first-order valence-corrected chi connectivity index (χ1v) is 14.0. The van der Waals surface area contributed by atoms with Crippen molar-refractivity contribution >= 4 is 46.5 Å². The van der Waals surface area contributed by atoms with Crippen LogP contribution in [-0.2, 0) is 0 Å². The minimum Gasteiger partial charge on any atom is -0.489 e. The van der Waals surface area contributed by atoms with Gasteiger partial charge in [0.2, 0.25) is 5.95 Å². The summed E-state index contributed by atoms with van der Waals surface area (Å²) >= 11 is 1.69. The Bertz CT molecular complexity index is 1220. The molecule has 0 unspecified atom stereocenters. The van der Waals surface area contributed by atoms with Gasteiger partial charge in [0.1, 0.15) is 11.6 Å². The molecule has 3 N–H and O–H groups in total. The average Bonchev–Trinajstić information content (AvgIpc) is 2.85. The van der Waals surface area contributed by atoms with Crippen molar-refractivity contribution < 1.29 is 4.74 Å². The fourth-order valence-electron chi connectivity index (χ4n) is 4.02. The summed E-state index contributed by atoms with van der Waals surface area (Å²) in [5.41, 5.74) is 4.98. The van der Waals surface area contributed by atoms with E-state index in [2.05, 4.69) is 96.1 Å². The van der Waals surface area contributed by atoms with Crippen LogP contribution in [-0.4, -0.2) is 58.9 Å². The minimum atomic E-state index is 0.0787. The number of rotatable bonds is 9. The van der Waals surface area contributed by atoms with Crippen LogP contribution in [0.3, 0.4) is 0 Å². The van der Waals surface area contributed by atoms with Crippen molar-refractivity contribution in [2.75, 3.05) is 53.5 Å². The zero-order valence-electron chi connectivity index (χ0n) is 23.6. The van der Waals surface area contributed by atoms with Gasteiger partial charge < -0.3 is 29.9 Å². The average molecular weight is 536 g/mol. The molecule has 38 heavy (non-hydrogen) atoms. The summed E-state index contributed by atoms with van der Waals surface area (Å²) in [4.78, 5) is 14.1. The molecular formula is C29H41N7OS. The summed E-state index contributed by atoms with van der Waals surface area (Å²) in [5.74, 6) is 2.16. The summed E-state index contributed by atoms with van der Waals surface area (Å²) in [6.45, 7) is 16.7. The maximum atomic E-state index is 6.22. The number of ether oxygens (including phenoxy) is 1. The number of hydrogen-bond donors (Lipinski definition) is 3. The molecule has 0 aliphatic carbocycles. The molecule has 3 aromatic rings. The second kappa shape index (κ2) is 12.1. The Kier molecular flexibility index (Phi) is 8.89. The number of aryl methyl sites for hydroxylation is 1. The van der Waals surface area contributed by atoms with Gasteiger partial charge in [0, 0.05) is 65.8 Å². The number of likely N-dealkylation sites (N-methyl/N-ethyl adjacent to an activating group) is 1. The van der Waals surface area contributed by atoms with E-state index < -0.39 is 0 Å². The number of benzene rings is 2. The molecule has 0 radical (unpaired) electrons. The predicted molar refractivity (Wildman–Crippen MR) is 163 cm³/mol. The number of piperazine rings is 1. The van der Waals surface area contributed by atoms with Crippen LogP contribution < -0.4 is 25.0 Å². The molecule has 2 heterocycles. The van der Waals surface area contributed by atoms with Gasteiger partial charge >= 0.3 is 0 Å². The molecule has 1 aromatic heterocycles. The number of anilines is 6. The molecule has 2 aromatic carbocycles. The summed E-state index contributed by atoms with van der Waals surface area (Å²) < 4.78 is 9.77. The summed E-state index contributed by atoms with van der Waals surface area (Å²) in [6.07, 6.45) is 1.91. The third-order valence-corrected chi connectivity index (χ3v) is 6.94. The van der Waals surface area contributed by atoms with Crippen molar-refractivity contribution in [3.8, 4) is 5.75 Å². The highest BCUT2D eigenvalue weighted by Gasteiger charge is 2.19. The maximum absolute atomic E-state index is 6.22. The van der Waals surface area contributed by atoms with E-state index in [0.29, 0.717) is 5.95 Å². The van der Waals surface area contributed by atoms with Gasteiger partial charge in [-0.1, -0.05) is 6.07 Å². The molecule has 4 rings (SSSR count). The second-order valence-electron chi connectivity index (χ2n) is 11.0. The van der Waals surface area contributed by atoms with E-state index in [1.54, 1.807) is 11.9 Å². The molecule has 1 aliphatic rings. The maximum Gasteiger partial charge on any atom is 0.229 e. The third kappa shape index (κ3) is 7.91. The van der Waals surface area contributed by atoms with Crippen molar-refractivity contribution in [2.24, 2.45) is 0 Å². The summed E-state index contributed by atoms with van der Waals surface area (Å²) in [6, 6.07) is 14.5. The van der Waals surface area contributed by atoms with E-state index in [0.717, 1.165) is 66.1 Å². The van der Waals surface area contributed by atoms with Crippen LogP contribution in [0.1, 0.15) is 40.2 Å². The molecule has 0 spiro atoms. The van der Waals surface area contributed by atoms with Crippen molar-refractivity contribution in [1.82, 2.24) is 14.9 Å². The smallest absolute Gasteiger partial charge is 0.229 e. The monoisotopic (exact) mass is 535 g/mol. The van der Waals surface area contributed by atoms with E-state index in [1.807, 2.05) is 31.3 Å². The normalized spacial score (nSPS) is 14.5. The lowest BCUT2D eigenvalue weighted by atomic mass is 10.2. The van der Waals surface area contributed by atoms with E-state index in [1.165, 1.54) is 0 Å². The van der Waals surface area contributed by atoms with Crippen LogP contribution in [0, 0.1) is 6.92 Å². The molecule has 0 bridgehead atoms. The summed E-state index contributed by atoms with van der Waals surface area (Å²) in [5, 5.41) is 6.83. The Morgan fingerprint density at radius 3 is 2.37 bits per heavy atom. The molecule has 204 valence electrons. The standard InChI is InChI=1S/C29H41N7OS/c1-20(2)37-26-18-23(11-12-25(26)36-15-13-35(7)14-16-36)32-28-30-19-21(3)27(33-28)31-22-9-8-10-24(17-22)34-38-29(4,5)6/h8-12,17-20,34H,13-16H2,1-7H3,(H2,30,31,32,33). The van der Waals surface area contributed by atoms with Crippen LogP contribution >= 0.6 is 11.9 Å². The molecule has 8 nitrogen and oxygen atoms in total. The highest BCUT2D eigenvalue weighted by Crippen LogP contribution is 2.34. The van der Waals surface area contributed by atoms with Crippen LogP contribution in [0.15, 0.2) is 48.7 Å². The molecule has 0 saturated carbocycles. The second-order valence-corrected chi connectivity index (χ2v) is 12.6. The van der Waals surface area contributed by atoms with Crippen LogP contribution in [0.5, 0.6) is 5.75 Å². The molecule has 1 fully saturated rings. The molecule has 0 amide bonds. The zero-order valence-corrected chi connectivity index (χ0v) is 24.4. The number of nitrogens with one attached hydrogen (secondary N) is 3.